The van der Waals surface area contributed by atoms with Crippen LogP contribution in [-0.4, -0.2) is 34.2 Å². The van der Waals surface area contributed by atoms with Crippen molar-refractivity contribution in [2.75, 3.05) is 13.7 Å². The van der Waals surface area contributed by atoms with Crippen molar-refractivity contribution in [2.45, 2.75) is 25.4 Å². The molecule has 0 bridgehead atoms. The molecular weight excluding hydrogens is 338 g/mol. The average Bonchev–Trinajstić information content (AvgIpc) is 3.39. The molecule has 5 heteroatoms. The van der Waals surface area contributed by atoms with E-state index in [-0.39, 0.29) is 11.9 Å². The number of carbonyl (C=O) groups excluding carboxylic acids is 1. The predicted molar refractivity (Wildman–Crippen MR) is 104 cm³/mol. The Balaban J connectivity index is 1.56. The van der Waals surface area contributed by atoms with Crippen molar-refractivity contribution in [3.8, 4) is 5.75 Å². The van der Waals surface area contributed by atoms with Crippen LogP contribution in [0.15, 0.2) is 67.0 Å². The van der Waals surface area contributed by atoms with Gasteiger partial charge in [0.15, 0.2) is 0 Å². The first kappa shape index (κ1) is 17.3. The summed E-state index contributed by atoms with van der Waals surface area (Å²) < 4.78 is 7.21. The van der Waals surface area contributed by atoms with Gasteiger partial charge in [0.25, 0.3) is 5.91 Å². The lowest BCUT2D eigenvalue weighted by Gasteiger charge is -2.25. The molecule has 27 heavy (non-hydrogen) atoms. The highest BCUT2D eigenvalue weighted by Crippen LogP contribution is 2.34. The van der Waals surface area contributed by atoms with E-state index in [4.69, 9.17) is 4.74 Å². The number of nitrogens with zero attached hydrogens (tertiary/aromatic N) is 3. The average molecular weight is 361 g/mol. The number of benzene rings is 2. The zero-order valence-corrected chi connectivity index (χ0v) is 15.4. The van der Waals surface area contributed by atoms with Gasteiger partial charge < -0.3 is 9.64 Å². The van der Waals surface area contributed by atoms with Crippen LogP contribution in [0.25, 0.3) is 0 Å². The zero-order valence-electron chi connectivity index (χ0n) is 15.4. The molecule has 3 aromatic rings. The summed E-state index contributed by atoms with van der Waals surface area (Å²) in [4.78, 5) is 15.2. The second-order valence-electron chi connectivity index (χ2n) is 6.84. The van der Waals surface area contributed by atoms with E-state index in [1.165, 1.54) is 0 Å². The van der Waals surface area contributed by atoms with E-state index in [1.807, 2.05) is 64.3 Å². The van der Waals surface area contributed by atoms with Gasteiger partial charge in [-0.15, -0.1) is 0 Å². The minimum Gasteiger partial charge on any atom is -0.497 e. The van der Waals surface area contributed by atoms with E-state index in [0.717, 1.165) is 41.8 Å². The Labute approximate surface area is 159 Å². The molecule has 1 atom stereocenters. The van der Waals surface area contributed by atoms with Gasteiger partial charge in [-0.1, -0.05) is 24.3 Å². The second kappa shape index (κ2) is 7.66. The van der Waals surface area contributed by atoms with Gasteiger partial charge in [0, 0.05) is 24.5 Å². The molecule has 1 amide bonds. The monoisotopic (exact) mass is 361 g/mol. The largest absolute Gasteiger partial charge is 0.497 e. The summed E-state index contributed by atoms with van der Waals surface area (Å²) in [6.07, 6.45) is 5.68. The van der Waals surface area contributed by atoms with Crippen molar-refractivity contribution in [1.29, 1.82) is 0 Å². The minimum absolute atomic E-state index is 0.0858. The molecule has 0 N–H and O–H groups in total. The molecule has 138 valence electrons. The molecule has 0 aliphatic carbocycles. The Bertz CT molecular complexity index is 921. The number of hydrogen-bond donors (Lipinski definition) is 0. The summed E-state index contributed by atoms with van der Waals surface area (Å²) in [6.45, 7) is 1.44. The van der Waals surface area contributed by atoms with Gasteiger partial charge in [0.1, 0.15) is 5.75 Å². The molecule has 2 heterocycles. The van der Waals surface area contributed by atoms with E-state index in [1.54, 1.807) is 13.3 Å². The third-order valence-electron chi connectivity index (χ3n) is 5.07. The summed E-state index contributed by atoms with van der Waals surface area (Å²) >= 11 is 0. The molecule has 1 aliphatic rings. The Hall–Kier alpha value is -3.08. The van der Waals surface area contributed by atoms with Crippen molar-refractivity contribution >= 4 is 5.91 Å². The lowest BCUT2D eigenvalue weighted by molar-refractivity contribution is 0.0735. The van der Waals surface area contributed by atoms with Gasteiger partial charge in [-0.2, -0.15) is 5.10 Å². The number of amides is 1. The van der Waals surface area contributed by atoms with Gasteiger partial charge in [-0.25, -0.2) is 0 Å². The van der Waals surface area contributed by atoms with Crippen molar-refractivity contribution in [1.82, 2.24) is 14.7 Å². The number of likely N-dealkylation sites (tertiary alicyclic amines) is 1. The fraction of sp³-hybridized carbons (Fsp3) is 0.273. The Kier molecular flexibility index (Phi) is 4.92. The normalized spacial score (nSPS) is 16.5. The third-order valence-corrected chi connectivity index (χ3v) is 5.07. The van der Waals surface area contributed by atoms with Crippen molar-refractivity contribution in [3.05, 3.63) is 83.7 Å². The molecule has 1 aliphatic heterocycles. The van der Waals surface area contributed by atoms with E-state index in [2.05, 4.69) is 11.2 Å². The Morgan fingerprint density at radius 2 is 2.07 bits per heavy atom. The van der Waals surface area contributed by atoms with Crippen LogP contribution in [0.2, 0.25) is 0 Å². The van der Waals surface area contributed by atoms with E-state index < -0.39 is 0 Å². The molecule has 0 radical (unpaired) electrons. The van der Waals surface area contributed by atoms with E-state index >= 15 is 0 Å². The second-order valence-corrected chi connectivity index (χ2v) is 6.84. The minimum atomic E-state index is 0.0858. The first-order chi connectivity index (χ1) is 13.2. The molecule has 2 aromatic carbocycles. The van der Waals surface area contributed by atoms with Gasteiger partial charge in [-0.05, 0) is 54.3 Å². The van der Waals surface area contributed by atoms with Gasteiger partial charge >= 0.3 is 0 Å². The topological polar surface area (TPSA) is 47.4 Å². The van der Waals surface area contributed by atoms with Crippen molar-refractivity contribution in [3.63, 3.8) is 0 Å². The fourth-order valence-electron chi connectivity index (χ4n) is 3.75. The maximum absolute atomic E-state index is 13.2. The van der Waals surface area contributed by atoms with Crippen molar-refractivity contribution < 1.29 is 9.53 Å². The lowest BCUT2D eigenvalue weighted by atomic mass is 10.0. The van der Waals surface area contributed by atoms with Crippen LogP contribution in [0, 0.1) is 0 Å². The zero-order chi connectivity index (χ0) is 18.6. The molecule has 1 saturated heterocycles. The molecule has 4 rings (SSSR count). The number of methoxy groups -OCH3 is 1. The van der Waals surface area contributed by atoms with Gasteiger partial charge in [-0.3, -0.25) is 9.48 Å². The summed E-state index contributed by atoms with van der Waals surface area (Å²) in [5.41, 5.74) is 2.93. The van der Waals surface area contributed by atoms with Crippen LogP contribution in [0.1, 0.15) is 40.4 Å². The van der Waals surface area contributed by atoms with Gasteiger partial charge in [0.2, 0.25) is 0 Å². The van der Waals surface area contributed by atoms with Crippen LogP contribution in [-0.2, 0) is 6.54 Å². The molecule has 1 fully saturated rings. The highest BCUT2D eigenvalue weighted by molar-refractivity contribution is 5.94. The van der Waals surface area contributed by atoms with Crippen LogP contribution in [0.3, 0.4) is 0 Å². The molecule has 1 aromatic heterocycles. The quantitative estimate of drug-likeness (QED) is 0.692. The predicted octanol–water partition coefficient (Wildman–Crippen LogP) is 3.92. The summed E-state index contributed by atoms with van der Waals surface area (Å²) in [6, 6.07) is 17.9. The Morgan fingerprint density at radius 3 is 2.89 bits per heavy atom. The molecule has 0 spiro atoms. The molecule has 0 saturated carbocycles. The fourth-order valence-corrected chi connectivity index (χ4v) is 3.75. The standard InChI is InChI=1S/C22H23N3O2/c1-27-20-9-3-7-18(15-20)21-10-4-13-25(21)22(26)19-8-2-6-17(14-19)16-24-12-5-11-23-24/h2-3,5-9,11-12,14-15,21H,4,10,13,16H2,1H3. The number of aromatic nitrogens is 2. The van der Waals surface area contributed by atoms with Crippen LogP contribution < -0.4 is 4.74 Å². The third kappa shape index (κ3) is 3.72. The lowest BCUT2D eigenvalue weighted by Crippen LogP contribution is -2.30. The first-order valence-electron chi connectivity index (χ1n) is 9.26. The number of rotatable bonds is 5. The SMILES string of the molecule is COc1cccc(C2CCCN2C(=O)c2cccc(Cn3cccn3)c2)c1. The van der Waals surface area contributed by atoms with Crippen molar-refractivity contribution in [2.24, 2.45) is 0 Å². The van der Waals surface area contributed by atoms with E-state index in [0.29, 0.717) is 6.54 Å². The maximum atomic E-state index is 13.2. The van der Waals surface area contributed by atoms with Crippen LogP contribution in [0.5, 0.6) is 5.75 Å². The Morgan fingerprint density at radius 1 is 1.19 bits per heavy atom. The van der Waals surface area contributed by atoms with Crippen LogP contribution >= 0.6 is 0 Å². The summed E-state index contributed by atoms with van der Waals surface area (Å²) in [5.74, 6) is 0.913. The van der Waals surface area contributed by atoms with Crippen LogP contribution in [0.4, 0.5) is 0 Å². The summed E-state index contributed by atoms with van der Waals surface area (Å²) in [7, 11) is 1.67. The molecular formula is C22H23N3O2. The molecule has 5 nitrogen and oxygen atoms in total. The maximum Gasteiger partial charge on any atom is 0.254 e. The molecule has 1 unspecified atom stereocenters. The highest BCUT2D eigenvalue weighted by Gasteiger charge is 2.30. The highest BCUT2D eigenvalue weighted by atomic mass is 16.5. The van der Waals surface area contributed by atoms with Gasteiger partial charge in [0.05, 0.1) is 19.7 Å². The number of carbonyl (C=O) groups is 1. The number of ether oxygens (including phenoxy) is 1. The van der Waals surface area contributed by atoms with E-state index in [9.17, 15) is 4.79 Å². The smallest absolute Gasteiger partial charge is 0.254 e. The number of hydrogen-bond acceptors (Lipinski definition) is 3. The summed E-state index contributed by atoms with van der Waals surface area (Å²) in [5, 5.41) is 4.24. The first-order valence-corrected chi connectivity index (χ1v) is 9.26.